The van der Waals surface area contributed by atoms with Crippen LogP contribution in [0.4, 0.5) is 4.79 Å². The molecule has 1 aromatic carbocycles. The lowest BCUT2D eigenvalue weighted by atomic mass is 9.89. The molecule has 0 radical (unpaired) electrons. The van der Waals surface area contributed by atoms with Crippen LogP contribution in [0.3, 0.4) is 0 Å². The van der Waals surface area contributed by atoms with Gasteiger partial charge in [0.05, 0.1) is 0 Å². The summed E-state index contributed by atoms with van der Waals surface area (Å²) in [7, 11) is 1.57. The summed E-state index contributed by atoms with van der Waals surface area (Å²) in [5, 5.41) is 5.84. The van der Waals surface area contributed by atoms with E-state index >= 15 is 0 Å². The second-order valence-electron chi connectivity index (χ2n) is 4.71. The number of piperidine rings is 1. The van der Waals surface area contributed by atoms with Gasteiger partial charge in [-0.05, 0) is 56.0 Å². The van der Waals surface area contributed by atoms with Gasteiger partial charge in [0, 0.05) is 7.05 Å². The number of amides is 1. The van der Waals surface area contributed by atoms with Crippen LogP contribution in [0.2, 0.25) is 0 Å². The maximum atomic E-state index is 11.4. The lowest BCUT2D eigenvalue weighted by molar-refractivity contribution is 0.202. The molecule has 20 heavy (non-hydrogen) atoms. The molecule has 1 aromatic rings. The number of hydrogen-bond donors (Lipinski definition) is 2. The Morgan fingerprint density at radius 3 is 2.55 bits per heavy atom. The quantitative estimate of drug-likeness (QED) is 0.873. The summed E-state index contributed by atoms with van der Waals surface area (Å²) in [5.41, 5.74) is 2.25. The molecule has 0 bridgehead atoms. The second kappa shape index (κ2) is 8.59. The van der Waals surface area contributed by atoms with Crippen LogP contribution in [0.1, 0.15) is 43.7 Å². The Bertz CT molecular complexity index is 426. The highest BCUT2D eigenvalue weighted by molar-refractivity contribution is 5.70. The van der Waals surface area contributed by atoms with Gasteiger partial charge in [-0.1, -0.05) is 26.0 Å². The van der Waals surface area contributed by atoms with Crippen molar-refractivity contribution in [3.63, 3.8) is 0 Å². The molecule has 1 saturated heterocycles. The third kappa shape index (κ3) is 4.53. The van der Waals surface area contributed by atoms with Gasteiger partial charge in [-0.2, -0.15) is 0 Å². The average Bonchev–Trinajstić information content (AvgIpc) is 2.50. The minimum Gasteiger partial charge on any atom is -0.410 e. The van der Waals surface area contributed by atoms with Crippen LogP contribution < -0.4 is 15.4 Å². The van der Waals surface area contributed by atoms with Gasteiger partial charge in [0.1, 0.15) is 5.75 Å². The number of benzene rings is 1. The fraction of sp³-hybridized carbons (Fsp3) is 0.562. The highest BCUT2D eigenvalue weighted by Crippen LogP contribution is 2.33. The predicted octanol–water partition coefficient (Wildman–Crippen LogP) is 3.21. The van der Waals surface area contributed by atoms with Gasteiger partial charge in [0.2, 0.25) is 0 Å². The maximum absolute atomic E-state index is 11.4. The van der Waals surface area contributed by atoms with Gasteiger partial charge < -0.3 is 15.4 Å². The Morgan fingerprint density at radius 1 is 1.30 bits per heavy atom. The Kier molecular flexibility index (Phi) is 7.09. The van der Waals surface area contributed by atoms with E-state index in [1.54, 1.807) is 7.05 Å². The molecule has 112 valence electrons. The zero-order valence-electron chi connectivity index (χ0n) is 13.0. The van der Waals surface area contributed by atoms with Gasteiger partial charge in [0.25, 0.3) is 0 Å². The number of nitrogens with one attached hydrogen (secondary N) is 2. The number of hydrogen-bond acceptors (Lipinski definition) is 3. The number of ether oxygens (including phenoxy) is 1. The summed E-state index contributed by atoms with van der Waals surface area (Å²) in [6, 6.07) is 6.10. The molecule has 4 heteroatoms. The molecular weight excluding hydrogens is 252 g/mol. The van der Waals surface area contributed by atoms with Crippen molar-refractivity contribution >= 4 is 6.09 Å². The Hall–Kier alpha value is -1.55. The molecule has 0 aliphatic carbocycles. The van der Waals surface area contributed by atoms with Crippen LogP contribution in [-0.4, -0.2) is 26.2 Å². The standard InChI is InChI=1S/C14H20N2O2.C2H6/c1-10-3-4-12(11-5-7-16-8-6-11)13(9-10)18-14(17)15-2;1-2/h3-4,9,11,16H,5-8H2,1-2H3,(H,15,17);1-2H3. The zero-order valence-corrected chi connectivity index (χ0v) is 13.0. The molecule has 1 heterocycles. The Labute approximate surface area is 121 Å². The molecule has 2 rings (SSSR count). The van der Waals surface area contributed by atoms with Gasteiger partial charge in [0.15, 0.2) is 0 Å². The van der Waals surface area contributed by atoms with E-state index < -0.39 is 6.09 Å². The first-order valence-corrected chi connectivity index (χ1v) is 7.41. The van der Waals surface area contributed by atoms with Crippen molar-refractivity contribution in [3.05, 3.63) is 29.3 Å². The molecule has 4 nitrogen and oxygen atoms in total. The van der Waals surface area contributed by atoms with Crippen LogP contribution in [0, 0.1) is 6.92 Å². The first kappa shape index (κ1) is 16.5. The van der Waals surface area contributed by atoms with E-state index in [9.17, 15) is 4.79 Å². The van der Waals surface area contributed by atoms with E-state index in [0.29, 0.717) is 11.7 Å². The zero-order chi connectivity index (χ0) is 15.0. The fourth-order valence-electron chi connectivity index (χ4n) is 2.35. The smallest absolute Gasteiger partial charge is 0.410 e. The van der Waals surface area contributed by atoms with Crippen LogP contribution in [-0.2, 0) is 0 Å². The molecular formula is C16H26N2O2. The summed E-state index contributed by atoms with van der Waals surface area (Å²) in [5.74, 6) is 1.17. The fourth-order valence-corrected chi connectivity index (χ4v) is 2.35. The lowest BCUT2D eigenvalue weighted by Crippen LogP contribution is -2.27. The number of carbonyl (C=O) groups excluding carboxylic acids is 1. The van der Waals surface area contributed by atoms with E-state index in [1.807, 2.05) is 26.8 Å². The monoisotopic (exact) mass is 278 g/mol. The molecule has 0 atom stereocenters. The summed E-state index contributed by atoms with van der Waals surface area (Å²) in [6.07, 6.45) is 1.77. The van der Waals surface area contributed by atoms with Crippen molar-refractivity contribution in [3.8, 4) is 5.75 Å². The van der Waals surface area contributed by atoms with Crippen molar-refractivity contribution < 1.29 is 9.53 Å². The predicted molar refractivity (Wildman–Crippen MR) is 82.5 cm³/mol. The molecule has 1 aliphatic heterocycles. The first-order chi connectivity index (χ1) is 9.70. The van der Waals surface area contributed by atoms with E-state index in [-0.39, 0.29) is 0 Å². The SMILES string of the molecule is CC.CNC(=O)Oc1cc(C)ccc1C1CCNCC1. The van der Waals surface area contributed by atoms with Crippen molar-refractivity contribution in [2.45, 2.75) is 39.5 Å². The second-order valence-corrected chi connectivity index (χ2v) is 4.71. The lowest BCUT2D eigenvalue weighted by Gasteiger charge is -2.24. The van der Waals surface area contributed by atoms with Crippen molar-refractivity contribution in [1.82, 2.24) is 10.6 Å². The minimum absolute atomic E-state index is 0.407. The molecule has 0 saturated carbocycles. The first-order valence-electron chi connectivity index (χ1n) is 7.41. The number of carbonyl (C=O) groups is 1. The number of rotatable bonds is 2. The topological polar surface area (TPSA) is 50.4 Å². The summed E-state index contributed by atoms with van der Waals surface area (Å²) >= 11 is 0. The molecule has 0 spiro atoms. The highest BCUT2D eigenvalue weighted by atomic mass is 16.6. The van der Waals surface area contributed by atoms with Gasteiger partial charge in [-0.3, -0.25) is 0 Å². The molecule has 2 N–H and O–H groups in total. The van der Waals surface area contributed by atoms with Crippen molar-refractivity contribution in [1.29, 1.82) is 0 Å². The Morgan fingerprint density at radius 2 is 1.95 bits per heavy atom. The minimum atomic E-state index is -0.407. The van der Waals surface area contributed by atoms with Crippen LogP contribution in [0.5, 0.6) is 5.75 Å². The summed E-state index contributed by atoms with van der Waals surface area (Å²) in [6.45, 7) is 8.05. The van der Waals surface area contributed by atoms with Gasteiger partial charge >= 0.3 is 6.09 Å². The maximum Gasteiger partial charge on any atom is 0.412 e. The number of aryl methyl sites for hydroxylation is 1. The van der Waals surface area contributed by atoms with E-state index in [2.05, 4.69) is 22.8 Å². The molecule has 1 fully saturated rings. The normalized spacial score (nSPS) is 15.0. The molecule has 1 aliphatic rings. The van der Waals surface area contributed by atoms with E-state index in [1.165, 1.54) is 0 Å². The highest BCUT2D eigenvalue weighted by Gasteiger charge is 2.20. The average molecular weight is 278 g/mol. The van der Waals surface area contributed by atoms with E-state index in [0.717, 1.165) is 37.1 Å². The summed E-state index contributed by atoms with van der Waals surface area (Å²) < 4.78 is 5.36. The summed E-state index contributed by atoms with van der Waals surface area (Å²) in [4.78, 5) is 11.4. The largest absolute Gasteiger partial charge is 0.412 e. The molecule has 0 aromatic heterocycles. The molecule has 0 unspecified atom stereocenters. The van der Waals surface area contributed by atoms with Crippen molar-refractivity contribution in [2.24, 2.45) is 0 Å². The van der Waals surface area contributed by atoms with Crippen molar-refractivity contribution in [2.75, 3.05) is 20.1 Å². The van der Waals surface area contributed by atoms with Gasteiger partial charge in [-0.15, -0.1) is 0 Å². The van der Waals surface area contributed by atoms with Crippen LogP contribution in [0.15, 0.2) is 18.2 Å². The Balaban J connectivity index is 0.000000956. The third-order valence-corrected chi connectivity index (χ3v) is 3.35. The van der Waals surface area contributed by atoms with Crippen LogP contribution >= 0.6 is 0 Å². The third-order valence-electron chi connectivity index (χ3n) is 3.35. The van der Waals surface area contributed by atoms with Crippen LogP contribution in [0.25, 0.3) is 0 Å². The van der Waals surface area contributed by atoms with Gasteiger partial charge in [-0.25, -0.2) is 4.79 Å². The molecule has 1 amide bonds. The van der Waals surface area contributed by atoms with E-state index in [4.69, 9.17) is 4.74 Å².